The summed E-state index contributed by atoms with van der Waals surface area (Å²) >= 11 is 1.35. The van der Waals surface area contributed by atoms with Gasteiger partial charge in [0.05, 0.1) is 23.0 Å². The van der Waals surface area contributed by atoms with Crippen molar-refractivity contribution in [3.63, 3.8) is 0 Å². The van der Waals surface area contributed by atoms with Gasteiger partial charge in [-0.3, -0.25) is 4.55 Å². The molecular weight excluding hydrogens is 412 g/mol. The van der Waals surface area contributed by atoms with E-state index in [9.17, 15) is 13.0 Å². The maximum absolute atomic E-state index is 12.0. The van der Waals surface area contributed by atoms with Crippen LogP contribution in [0.25, 0.3) is 10.2 Å². The Morgan fingerprint density at radius 2 is 1.90 bits per heavy atom. The largest absolute Gasteiger partial charge is 0.495 e. The van der Waals surface area contributed by atoms with Gasteiger partial charge >= 0.3 is 0 Å². The highest BCUT2D eigenvalue weighted by atomic mass is 32.2. The van der Waals surface area contributed by atoms with Crippen molar-refractivity contribution >= 4 is 48.2 Å². The number of aromatic nitrogens is 1. The number of thiazole rings is 1. The fourth-order valence-corrected chi connectivity index (χ4v) is 4.47. The Balaban J connectivity index is 2.10. The van der Waals surface area contributed by atoms with Gasteiger partial charge < -0.3 is 9.64 Å². The van der Waals surface area contributed by atoms with Crippen LogP contribution in [0.5, 0.6) is 5.75 Å². The van der Waals surface area contributed by atoms with Crippen molar-refractivity contribution in [1.82, 2.24) is 4.98 Å². The molecule has 154 valence electrons. The molecule has 0 radical (unpaired) electrons. The molecule has 1 aromatic heterocycles. The topological polar surface area (TPSA) is 104 Å². The van der Waals surface area contributed by atoms with Crippen molar-refractivity contribution in [1.29, 1.82) is 0 Å². The summed E-state index contributed by atoms with van der Waals surface area (Å²) < 4.78 is 40.1. The first-order valence-electron chi connectivity index (χ1n) is 9.00. The SMILES string of the molecule is CCN(CC)c1cc(S(=O)(=O)O)c(N=Nc2nc3ccc(C)cc3s2)cc1OC. The molecule has 0 atom stereocenters. The normalized spacial score (nSPS) is 12.0. The number of ether oxygens (including phenoxy) is 1. The molecule has 0 aliphatic carbocycles. The Morgan fingerprint density at radius 1 is 1.17 bits per heavy atom. The Morgan fingerprint density at radius 3 is 2.52 bits per heavy atom. The summed E-state index contributed by atoms with van der Waals surface area (Å²) in [6.07, 6.45) is 0. The Hall–Kier alpha value is -2.56. The van der Waals surface area contributed by atoms with Crippen molar-refractivity contribution in [3.05, 3.63) is 35.9 Å². The van der Waals surface area contributed by atoms with Crippen LogP contribution in [0.4, 0.5) is 16.5 Å². The van der Waals surface area contributed by atoms with E-state index in [-0.39, 0.29) is 10.6 Å². The van der Waals surface area contributed by atoms with E-state index < -0.39 is 10.1 Å². The van der Waals surface area contributed by atoms with E-state index in [2.05, 4.69) is 15.2 Å². The predicted octanol–water partition coefficient (Wildman–Crippen LogP) is 5.12. The summed E-state index contributed by atoms with van der Waals surface area (Å²) in [5.41, 5.74) is 2.43. The molecule has 3 aromatic rings. The number of hydrogen-bond acceptors (Lipinski definition) is 8. The quantitative estimate of drug-likeness (QED) is 0.409. The van der Waals surface area contributed by atoms with E-state index in [0.717, 1.165) is 15.8 Å². The highest BCUT2D eigenvalue weighted by Crippen LogP contribution is 2.39. The third-order valence-corrected chi connectivity index (χ3v) is 6.20. The lowest BCUT2D eigenvalue weighted by Crippen LogP contribution is -2.22. The maximum atomic E-state index is 12.0. The Kier molecular flexibility index (Phi) is 6.15. The Bertz CT molecular complexity index is 1170. The summed E-state index contributed by atoms with van der Waals surface area (Å²) in [6, 6.07) is 8.66. The summed E-state index contributed by atoms with van der Waals surface area (Å²) in [4.78, 5) is 5.97. The average Bonchev–Trinajstić information content (AvgIpc) is 3.08. The van der Waals surface area contributed by atoms with Crippen LogP contribution in [0.1, 0.15) is 19.4 Å². The second kappa shape index (κ2) is 8.44. The molecular formula is C19H22N4O4S2. The monoisotopic (exact) mass is 434 g/mol. The zero-order chi connectivity index (χ0) is 21.2. The smallest absolute Gasteiger partial charge is 0.296 e. The molecule has 3 rings (SSSR count). The van der Waals surface area contributed by atoms with Crippen LogP contribution in [0.3, 0.4) is 0 Å². The third kappa shape index (κ3) is 4.55. The molecule has 29 heavy (non-hydrogen) atoms. The first-order valence-corrected chi connectivity index (χ1v) is 11.3. The number of aryl methyl sites for hydroxylation is 1. The first kappa shape index (κ1) is 21.2. The van der Waals surface area contributed by atoms with E-state index in [4.69, 9.17) is 4.74 Å². The number of benzene rings is 2. The highest BCUT2D eigenvalue weighted by Gasteiger charge is 2.22. The van der Waals surface area contributed by atoms with Crippen LogP contribution in [0.2, 0.25) is 0 Å². The fraction of sp³-hybridized carbons (Fsp3) is 0.316. The molecule has 1 heterocycles. The number of nitrogens with zero attached hydrogens (tertiary/aromatic N) is 4. The molecule has 8 nitrogen and oxygen atoms in total. The average molecular weight is 435 g/mol. The van der Waals surface area contributed by atoms with E-state index in [1.165, 1.54) is 30.6 Å². The van der Waals surface area contributed by atoms with Gasteiger partial charge in [0, 0.05) is 19.2 Å². The summed E-state index contributed by atoms with van der Waals surface area (Å²) in [5.74, 6) is 0.440. The maximum Gasteiger partial charge on any atom is 0.296 e. The summed E-state index contributed by atoms with van der Waals surface area (Å²) in [5, 5.41) is 8.54. The molecule has 0 saturated carbocycles. The van der Waals surface area contributed by atoms with Crippen LogP contribution < -0.4 is 9.64 Å². The highest BCUT2D eigenvalue weighted by molar-refractivity contribution is 7.86. The van der Waals surface area contributed by atoms with Gasteiger partial charge in [0.2, 0.25) is 5.13 Å². The van der Waals surface area contributed by atoms with Crippen LogP contribution in [0.15, 0.2) is 45.5 Å². The standard InChI is InChI=1S/C19H22N4O4S2/c1-5-23(6-2)15-11-18(29(24,25)26)14(10-16(15)27-4)21-22-19-20-13-8-7-12(3)9-17(13)28-19/h7-11H,5-6H2,1-4H3,(H,24,25,26). The Labute approximate surface area is 173 Å². The van der Waals surface area contributed by atoms with Crippen LogP contribution in [0, 0.1) is 6.92 Å². The number of rotatable bonds is 7. The van der Waals surface area contributed by atoms with Gasteiger partial charge in [-0.15, -0.1) is 10.2 Å². The molecule has 0 unspecified atom stereocenters. The van der Waals surface area contributed by atoms with Crippen LogP contribution in [-0.2, 0) is 10.1 Å². The molecule has 0 saturated heterocycles. The van der Waals surface area contributed by atoms with E-state index in [1.807, 2.05) is 43.9 Å². The van der Waals surface area contributed by atoms with E-state index in [1.54, 1.807) is 0 Å². The summed E-state index contributed by atoms with van der Waals surface area (Å²) in [6.45, 7) is 7.16. The minimum absolute atomic E-state index is 0.0179. The molecule has 0 amide bonds. The van der Waals surface area contributed by atoms with Gasteiger partial charge in [-0.1, -0.05) is 17.4 Å². The van der Waals surface area contributed by atoms with E-state index >= 15 is 0 Å². The minimum Gasteiger partial charge on any atom is -0.495 e. The van der Waals surface area contributed by atoms with Gasteiger partial charge in [0.1, 0.15) is 16.3 Å². The lowest BCUT2D eigenvalue weighted by atomic mass is 10.2. The van der Waals surface area contributed by atoms with Gasteiger partial charge in [0.25, 0.3) is 10.1 Å². The molecule has 0 fully saturated rings. The van der Waals surface area contributed by atoms with Gasteiger partial charge in [-0.25, -0.2) is 4.98 Å². The number of anilines is 1. The molecule has 0 spiro atoms. The molecule has 0 aliphatic heterocycles. The summed E-state index contributed by atoms with van der Waals surface area (Å²) in [7, 11) is -3.03. The van der Waals surface area contributed by atoms with Crippen molar-refractivity contribution in [3.8, 4) is 5.75 Å². The molecule has 0 bridgehead atoms. The lowest BCUT2D eigenvalue weighted by molar-refractivity contribution is 0.414. The molecule has 1 N–H and O–H groups in total. The predicted molar refractivity (Wildman–Crippen MR) is 115 cm³/mol. The van der Waals surface area contributed by atoms with Crippen molar-refractivity contribution in [2.24, 2.45) is 10.2 Å². The third-order valence-electron chi connectivity index (χ3n) is 4.42. The molecule has 0 aliphatic rings. The lowest BCUT2D eigenvalue weighted by Gasteiger charge is -2.24. The number of azo groups is 1. The second-order valence-electron chi connectivity index (χ2n) is 6.31. The molecule has 2 aromatic carbocycles. The van der Waals surface area contributed by atoms with Gasteiger partial charge in [0.15, 0.2) is 0 Å². The van der Waals surface area contributed by atoms with Crippen molar-refractivity contribution in [2.45, 2.75) is 25.7 Å². The van der Waals surface area contributed by atoms with Crippen molar-refractivity contribution in [2.75, 3.05) is 25.1 Å². The zero-order valence-electron chi connectivity index (χ0n) is 16.6. The number of methoxy groups -OCH3 is 1. The van der Waals surface area contributed by atoms with E-state index in [0.29, 0.717) is 29.7 Å². The number of hydrogen-bond donors (Lipinski definition) is 1. The fourth-order valence-electron chi connectivity index (χ4n) is 2.96. The second-order valence-corrected chi connectivity index (χ2v) is 8.71. The first-order chi connectivity index (χ1) is 13.8. The van der Waals surface area contributed by atoms with Gasteiger partial charge in [-0.05, 0) is 44.5 Å². The van der Waals surface area contributed by atoms with Crippen molar-refractivity contribution < 1.29 is 17.7 Å². The van der Waals surface area contributed by atoms with Gasteiger partial charge in [-0.2, -0.15) is 8.42 Å². The number of fused-ring (bicyclic) bond motifs is 1. The minimum atomic E-state index is -4.52. The van der Waals surface area contributed by atoms with Crippen LogP contribution >= 0.6 is 11.3 Å². The van der Waals surface area contributed by atoms with Crippen LogP contribution in [-0.4, -0.2) is 38.2 Å². The molecule has 10 heteroatoms. The zero-order valence-corrected chi connectivity index (χ0v) is 18.2.